The number of nitrogen functional groups attached to an aromatic ring is 1. The first-order valence-corrected chi connectivity index (χ1v) is 6.36. The highest BCUT2D eigenvalue weighted by molar-refractivity contribution is 5.45. The Morgan fingerprint density at radius 1 is 1.50 bits per heavy atom. The Kier molecular flexibility index (Phi) is 3.98. The van der Waals surface area contributed by atoms with Gasteiger partial charge in [-0.05, 0) is 18.8 Å². The molecule has 6 nitrogen and oxygen atoms in total. The summed E-state index contributed by atoms with van der Waals surface area (Å²) >= 11 is 0. The monoisotopic (exact) mass is 251 g/mol. The molecule has 1 fully saturated rings. The standard InChI is InChI=1S/C12H21N5O/c1-9-3-2-4-12(18,6-9)7-14-10-5-11(17-13)16-8-15-10/h5,8-9,18H,2-4,6-7,13H2,1H3,(H2,14,15,16,17). The largest absolute Gasteiger partial charge is 0.388 e. The van der Waals surface area contributed by atoms with E-state index in [0.717, 1.165) is 19.3 Å². The molecule has 18 heavy (non-hydrogen) atoms. The molecule has 2 unspecified atom stereocenters. The van der Waals surface area contributed by atoms with E-state index in [9.17, 15) is 5.11 Å². The second kappa shape index (κ2) is 5.49. The van der Waals surface area contributed by atoms with Crippen molar-refractivity contribution in [2.24, 2.45) is 11.8 Å². The maximum Gasteiger partial charge on any atom is 0.145 e. The molecule has 0 aliphatic heterocycles. The van der Waals surface area contributed by atoms with E-state index in [0.29, 0.717) is 24.1 Å². The fraction of sp³-hybridized carbons (Fsp3) is 0.667. The van der Waals surface area contributed by atoms with Gasteiger partial charge in [0.15, 0.2) is 0 Å². The first-order chi connectivity index (χ1) is 8.61. The topological polar surface area (TPSA) is 96.1 Å². The lowest BCUT2D eigenvalue weighted by Crippen LogP contribution is -2.41. The minimum absolute atomic E-state index is 0.512. The molecule has 5 N–H and O–H groups in total. The van der Waals surface area contributed by atoms with Crippen molar-refractivity contribution in [3.05, 3.63) is 12.4 Å². The highest BCUT2D eigenvalue weighted by atomic mass is 16.3. The molecule has 6 heteroatoms. The zero-order chi connectivity index (χ0) is 13.0. The van der Waals surface area contributed by atoms with Gasteiger partial charge in [0.05, 0.1) is 5.60 Å². The van der Waals surface area contributed by atoms with Crippen molar-refractivity contribution < 1.29 is 5.11 Å². The number of anilines is 2. The molecule has 1 saturated carbocycles. The van der Waals surface area contributed by atoms with Gasteiger partial charge in [-0.15, -0.1) is 0 Å². The Labute approximate surface area is 107 Å². The SMILES string of the molecule is CC1CCCC(O)(CNc2cc(NN)ncn2)C1. The van der Waals surface area contributed by atoms with Gasteiger partial charge < -0.3 is 15.8 Å². The zero-order valence-corrected chi connectivity index (χ0v) is 10.7. The van der Waals surface area contributed by atoms with E-state index in [-0.39, 0.29) is 0 Å². The van der Waals surface area contributed by atoms with Gasteiger partial charge in [0.2, 0.25) is 0 Å². The lowest BCUT2D eigenvalue weighted by Gasteiger charge is -2.35. The summed E-state index contributed by atoms with van der Waals surface area (Å²) in [6, 6.07) is 1.72. The van der Waals surface area contributed by atoms with Crippen LogP contribution in [0.15, 0.2) is 12.4 Å². The molecule has 100 valence electrons. The third-order valence-electron chi connectivity index (χ3n) is 3.48. The Bertz CT molecular complexity index is 400. The molecular weight excluding hydrogens is 230 g/mol. The van der Waals surface area contributed by atoms with E-state index in [4.69, 9.17) is 5.84 Å². The number of nitrogens with zero attached hydrogens (tertiary/aromatic N) is 2. The number of hydrogen-bond acceptors (Lipinski definition) is 6. The minimum atomic E-state index is -0.626. The molecule has 1 aromatic heterocycles. The highest BCUT2D eigenvalue weighted by Crippen LogP contribution is 2.32. The summed E-state index contributed by atoms with van der Waals surface area (Å²) in [5.74, 6) is 7.09. The number of hydrogen-bond donors (Lipinski definition) is 4. The van der Waals surface area contributed by atoms with Crippen LogP contribution in [0.1, 0.15) is 32.6 Å². The quantitative estimate of drug-likeness (QED) is 0.473. The third-order valence-corrected chi connectivity index (χ3v) is 3.48. The normalized spacial score (nSPS) is 27.8. The third kappa shape index (κ3) is 3.30. The van der Waals surface area contributed by atoms with Crippen LogP contribution in [0.4, 0.5) is 11.6 Å². The van der Waals surface area contributed by atoms with E-state index in [1.54, 1.807) is 6.07 Å². The van der Waals surface area contributed by atoms with Crippen molar-refractivity contribution in [1.82, 2.24) is 9.97 Å². The molecular formula is C12H21N5O. The number of aliphatic hydroxyl groups is 1. The number of nitrogens with one attached hydrogen (secondary N) is 2. The second-order valence-electron chi connectivity index (χ2n) is 5.21. The summed E-state index contributed by atoms with van der Waals surface area (Å²) in [7, 11) is 0. The zero-order valence-electron chi connectivity index (χ0n) is 10.7. The molecule has 2 rings (SSSR count). The maximum absolute atomic E-state index is 10.5. The minimum Gasteiger partial charge on any atom is -0.388 e. The van der Waals surface area contributed by atoms with Crippen LogP contribution in [-0.4, -0.2) is 27.2 Å². The molecule has 1 aliphatic carbocycles. The van der Waals surface area contributed by atoms with Crippen LogP contribution in [0.25, 0.3) is 0 Å². The van der Waals surface area contributed by atoms with Gasteiger partial charge in [-0.2, -0.15) is 0 Å². The summed E-state index contributed by atoms with van der Waals surface area (Å²) in [5, 5.41) is 13.6. The fourth-order valence-electron chi connectivity index (χ4n) is 2.58. The van der Waals surface area contributed by atoms with Gasteiger partial charge in [-0.3, -0.25) is 0 Å². The van der Waals surface area contributed by atoms with Gasteiger partial charge >= 0.3 is 0 Å². The van der Waals surface area contributed by atoms with Crippen LogP contribution in [0, 0.1) is 5.92 Å². The predicted octanol–water partition coefficient (Wildman–Crippen LogP) is 1.12. The van der Waals surface area contributed by atoms with Gasteiger partial charge in [-0.25, -0.2) is 15.8 Å². The fourth-order valence-corrected chi connectivity index (χ4v) is 2.58. The Morgan fingerprint density at radius 3 is 3.00 bits per heavy atom. The predicted molar refractivity (Wildman–Crippen MR) is 70.9 cm³/mol. The van der Waals surface area contributed by atoms with E-state index in [1.807, 2.05) is 0 Å². The van der Waals surface area contributed by atoms with Crippen molar-refractivity contribution in [3.63, 3.8) is 0 Å². The van der Waals surface area contributed by atoms with E-state index >= 15 is 0 Å². The number of hydrazine groups is 1. The molecule has 1 heterocycles. The first-order valence-electron chi connectivity index (χ1n) is 6.36. The summed E-state index contributed by atoms with van der Waals surface area (Å²) < 4.78 is 0. The Morgan fingerprint density at radius 2 is 2.28 bits per heavy atom. The first kappa shape index (κ1) is 13.0. The number of rotatable bonds is 4. The van der Waals surface area contributed by atoms with Gasteiger partial charge in [0.25, 0.3) is 0 Å². The van der Waals surface area contributed by atoms with E-state index < -0.39 is 5.60 Å². The molecule has 0 aromatic carbocycles. The molecule has 0 amide bonds. The smallest absolute Gasteiger partial charge is 0.145 e. The van der Waals surface area contributed by atoms with E-state index in [2.05, 4.69) is 27.6 Å². The van der Waals surface area contributed by atoms with Crippen LogP contribution in [0.2, 0.25) is 0 Å². The second-order valence-corrected chi connectivity index (χ2v) is 5.21. The lowest BCUT2D eigenvalue weighted by atomic mass is 9.79. The van der Waals surface area contributed by atoms with Crippen molar-refractivity contribution in [3.8, 4) is 0 Å². The Balaban J connectivity index is 1.93. The van der Waals surface area contributed by atoms with Crippen LogP contribution in [-0.2, 0) is 0 Å². The summed E-state index contributed by atoms with van der Waals surface area (Å²) in [6.45, 7) is 2.70. The average molecular weight is 251 g/mol. The van der Waals surface area contributed by atoms with Gasteiger partial charge in [-0.1, -0.05) is 19.8 Å². The van der Waals surface area contributed by atoms with Crippen molar-refractivity contribution >= 4 is 11.6 Å². The van der Waals surface area contributed by atoms with Crippen LogP contribution >= 0.6 is 0 Å². The Hall–Kier alpha value is -1.40. The van der Waals surface area contributed by atoms with Crippen molar-refractivity contribution in [2.45, 2.75) is 38.2 Å². The molecule has 0 spiro atoms. The molecule has 1 aliphatic rings. The molecule has 0 saturated heterocycles. The summed E-state index contributed by atoms with van der Waals surface area (Å²) in [4.78, 5) is 8.03. The molecule has 1 aromatic rings. The molecule has 0 radical (unpaired) electrons. The van der Waals surface area contributed by atoms with Gasteiger partial charge in [0.1, 0.15) is 18.0 Å². The van der Waals surface area contributed by atoms with Crippen molar-refractivity contribution in [2.75, 3.05) is 17.3 Å². The molecule has 0 bridgehead atoms. The average Bonchev–Trinajstić information content (AvgIpc) is 2.37. The summed E-state index contributed by atoms with van der Waals surface area (Å²) in [5.41, 5.74) is 1.84. The van der Waals surface area contributed by atoms with E-state index in [1.165, 1.54) is 12.7 Å². The highest BCUT2D eigenvalue weighted by Gasteiger charge is 2.32. The number of nitrogens with two attached hydrogens (primary N) is 1. The van der Waals surface area contributed by atoms with Crippen LogP contribution < -0.4 is 16.6 Å². The number of aromatic nitrogens is 2. The van der Waals surface area contributed by atoms with Crippen molar-refractivity contribution in [1.29, 1.82) is 0 Å². The van der Waals surface area contributed by atoms with Crippen LogP contribution in [0.3, 0.4) is 0 Å². The lowest BCUT2D eigenvalue weighted by molar-refractivity contribution is -0.000827. The summed E-state index contributed by atoms with van der Waals surface area (Å²) in [6.07, 6.45) is 5.41. The van der Waals surface area contributed by atoms with Gasteiger partial charge in [0, 0.05) is 12.6 Å². The maximum atomic E-state index is 10.5. The van der Waals surface area contributed by atoms with Crippen LogP contribution in [0.5, 0.6) is 0 Å². The molecule has 2 atom stereocenters.